The molecule has 0 aliphatic carbocycles. The van der Waals surface area contributed by atoms with E-state index in [0.29, 0.717) is 0 Å². The molecular weight excluding hydrogens is 299 g/mol. The van der Waals surface area contributed by atoms with E-state index in [9.17, 15) is 4.57 Å². The maximum absolute atomic E-state index is 13.8. The summed E-state index contributed by atoms with van der Waals surface area (Å²) in [5, 5.41) is 2.62. The van der Waals surface area contributed by atoms with Crippen LogP contribution in [0, 0.1) is 0 Å². The molecule has 1 nitrogen and oxygen atoms in total. The Balaban J connectivity index is 0.00000161. The highest BCUT2D eigenvalue weighted by atomic mass is 35.5. The normalized spacial score (nSPS) is 10.7. The van der Waals surface area contributed by atoms with Crippen LogP contribution < -0.4 is 15.9 Å². The largest absolute Gasteiger partial charge is 0.309 e. The molecule has 3 heteroatoms. The lowest BCUT2D eigenvalue weighted by Gasteiger charge is -2.19. The van der Waals surface area contributed by atoms with Crippen molar-refractivity contribution in [1.82, 2.24) is 0 Å². The van der Waals surface area contributed by atoms with Gasteiger partial charge in [-0.15, -0.1) is 12.4 Å². The van der Waals surface area contributed by atoms with Gasteiger partial charge in [-0.05, 0) is 0 Å². The molecule has 0 unspecified atom stereocenters. The number of hydrogen-bond donors (Lipinski definition) is 0. The zero-order valence-electron chi connectivity index (χ0n) is 11.4. The first-order valence-corrected chi connectivity index (χ1v) is 8.29. The van der Waals surface area contributed by atoms with Gasteiger partial charge in [-0.2, -0.15) is 0 Å². The van der Waals surface area contributed by atoms with Crippen LogP contribution in [0.5, 0.6) is 0 Å². The molecule has 21 heavy (non-hydrogen) atoms. The van der Waals surface area contributed by atoms with Gasteiger partial charge in [0, 0.05) is 15.9 Å². The molecule has 0 fully saturated rings. The second-order valence-electron chi connectivity index (χ2n) is 4.62. The fraction of sp³-hybridized carbons (Fsp3) is 0. The fourth-order valence-electron chi connectivity index (χ4n) is 2.36. The summed E-state index contributed by atoms with van der Waals surface area (Å²) >= 11 is 0. The Morgan fingerprint density at radius 2 is 0.714 bits per heavy atom. The van der Waals surface area contributed by atoms with Gasteiger partial charge in [0.15, 0.2) is 7.14 Å². The van der Waals surface area contributed by atoms with Gasteiger partial charge >= 0.3 is 0 Å². The van der Waals surface area contributed by atoms with Gasteiger partial charge in [0.05, 0.1) is 0 Å². The molecule has 0 aromatic heterocycles. The molecule has 0 saturated carbocycles. The van der Waals surface area contributed by atoms with Crippen molar-refractivity contribution >= 4 is 35.5 Å². The molecule has 0 aliphatic rings. The zero-order chi connectivity index (χ0) is 13.8. The molecule has 0 heterocycles. The average Bonchev–Trinajstić information content (AvgIpc) is 2.56. The summed E-state index contributed by atoms with van der Waals surface area (Å²) in [4.78, 5) is 0. The van der Waals surface area contributed by atoms with Crippen molar-refractivity contribution in [3.63, 3.8) is 0 Å². The van der Waals surface area contributed by atoms with E-state index in [1.165, 1.54) is 0 Å². The predicted molar refractivity (Wildman–Crippen MR) is 93.1 cm³/mol. The number of rotatable bonds is 3. The molecule has 0 radical (unpaired) electrons. The van der Waals surface area contributed by atoms with E-state index in [1.54, 1.807) is 0 Å². The van der Waals surface area contributed by atoms with E-state index in [4.69, 9.17) is 0 Å². The Hall–Kier alpha value is -1.82. The molecule has 106 valence electrons. The molecule has 0 atom stereocenters. The first-order valence-electron chi connectivity index (χ1n) is 6.59. The van der Waals surface area contributed by atoms with Crippen molar-refractivity contribution in [1.29, 1.82) is 0 Å². The average molecular weight is 315 g/mol. The Morgan fingerprint density at radius 3 is 0.952 bits per heavy atom. The molecule has 0 saturated heterocycles. The van der Waals surface area contributed by atoms with E-state index < -0.39 is 7.14 Å². The second-order valence-corrected chi connectivity index (χ2v) is 7.38. The highest BCUT2D eigenvalue weighted by molar-refractivity contribution is 7.85. The maximum Gasteiger partial charge on any atom is 0.171 e. The van der Waals surface area contributed by atoms with E-state index >= 15 is 0 Å². The van der Waals surface area contributed by atoms with Gasteiger partial charge in [0.1, 0.15) is 0 Å². The monoisotopic (exact) mass is 314 g/mol. The minimum absolute atomic E-state index is 0. The second kappa shape index (κ2) is 6.76. The lowest BCUT2D eigenvalue weighted by molar-refractivity contribution is 0.592. The highest BCUT2D eigenvalue weighted by Gasteiger charge is 2.28. The van der Waals surface area contributed by atoms with Gasteiger partial charge in [-0.25, -0.2) is 0 Å². The van der Waals surface area contributed by atoms with Crippen molar-refractivity contribution in [2.45, 2.75) is 0 Å². The van der Waals surface area contributed by atoms with Gasteiger partial charge < -0.3 is 4.57 Å². The summed E-state index contributed by atoms with van der Waals surface area (Å²) in [6, 6.07) is 29.1. The summed E-state index contributed by atoms with van der Waals surface area (Å²) in [6.45, 7) is 0. The first kappa shape index (κ1) is 15.6. The zero-order valence-corrected chi connectivity index (χ0v) is 13.1. The van der Waals surface area contributed by atoms with Crippen LogP contribution in [0.4, 0.5) is 0 Å². The van der Waals surface area contributed by atoms with Crippen molar-refractivity contribution in [2.24, 2.45) is 0 Å². The lowest BCUT2D eigenvalue weighted by Crippen LogP contribution is -2.24. The number of hydrogen-bond acceptors (Lipinski definition) is 1. The third-order valence-corrected chi connectivity index (χ3v) is 6.44. The number of benzene rings is 3. The van der Waals surface area contributed by atoms with Crippen LogP contribution >= 0.6 is 19.5 Å². The van der Waals surface area contributed by atoms with Crippen LogP contribution in [-0.4, -0.2) is 0 Å². The van der Waals surface area contributed by atoms with Crippen molar-refractivity contribution in [3.05, 3.63) is 91.0 Å². The smallest absolute Gasteiger partial charge is 0.171 e. The van der Waals surface area contributed by atoms with Gasteiger partial charge in [-0.1, -0.05) is 91.0 Å². The summed E-state index contributed by atoms with van der Waals surface area (Å²) < 4.78 is 13.8. The SMILES string of the molecule is Cl.O=P(c1ccccc1)(c1ccccc1)c1ccccc1. The van der Waals surface area contributed by atoms with E-state index in [2.05, 4.69) is 0 Å². The van der Waals surface area contributed by atoms with Crippen LogP contribution in [-0.2, 0) is 4.57 Å². The molecule has 0 spiro atoms. The maximum atomic E-state index is 13.8. The quantitative estimate of drug-likeness (QED) is 0.673. The Bertz CT molecular complexity index is 624. The Labute approximate surface area is 131 Å². The first-order chi connectivity index (χ1) is 9.82. The summed E-state index contributed by atoms with van der Waals surface area (Å²) in [7, 11) is -2.78. The molecule has 3 rings (SSSR count). The van der Waals surface area contributed by atoms with Crippen LogP contribution in [0.1, 0.15) is 0 Å². The third kappa shape index (κ3) is 2.95. The topological polar surface area (TPSA) is 17.1 Å². The minimum atomic E-state index is -2.78. The van der Waals surface area contributed by atoms with E-state index in [1.807, 2.05) is 91.0 Å². The van der Waals surface area contributed by atoms with Crippen LogP contribution in [0.15, 0.2) is 91.0 Å². The van der Waals surface area contributed by atoms with Crippen LogP contribution in [0.25, 0.3) is 0 Å². The predicted octanol–water partition coefficient (Wildman–Crippen LogP) is 3.75. The van der Waals surface area contributed by atoms with Gasteiger partial charge in [-0.3, -0.25) is 0 Å². The highest BCUT2D eigenvalue weighted by Crippen LogP contribution is 2.41. The van der Waals surface area contributed by atoms with Crippen molar-refractivity contribution in [2.75, 3.05) is 0 Å². The molecule has 3 aromatic rings. The van der Waals surface area contributed by atoms with Crippen molar-refractivity contribution < 1.29 is 4.57 Å². The summed E-state index contributed by atoms with van der Waals surface area (Å²) in [6.07, 6.45) is 0. The van der Waals surface area contributed by atoms with Gasteiger partial charge in [0.25, 0.3) is 0 Å². The van der Waals surface area contributed by atoms with Crippen LogP contribution in [0.3, 0.4) is 0 Å². The molecule has 0 bridgehead atoms. The van der Waals surface area contributed by atoms with Crippen molar-refractivity contribution in [3.8, 4) is 0 Å². The lowest BCUT2D eigenvalue weighted by atomic mass is 10.4. The molecule has 0 aliphatic heterocycles. The minimum Gasteiger partial charge on any atom is -0.309 e. The third-order valence-electron chi connectivity index (χ3n) is 3.36. The summed E-state index contributed by atoms with van der Waals surface area (Å²) in [5.41, 5.74) is 0. The van der Waals surface area contributed by atoms with E-state index in [0.717, 1.165) is 15.9 Å². The molecule has 0 N–H and O–H groups in total. The summed E-state index contributed by atoms with van der Waals surface area (Å²) in [5.74, 6) is 0. The molecule has 0 amide bonds. The Morgan fingerprint density at radius 1 is 0.476 bits per heavy atom. The molecular formula is C18H16ClOP. The number of halogens is 1. The van der Waals surface area contributed by atoms with Crippen LogP contribution in [0.2, 0.25) is 0 Å². The Kier molecular flexibility index (Phi) is 5.01. The standard InChI is InChI=1S/C18H15OP.ClH/c19-20(16-10-4-1-5-11-16,17-12-6-2-7-13-17)18-14-8-3-9-15-18;/h1-15H;1H. The van der Waals surface area contributed by atoms with Gasteiger partial charge in [0.2, 0.25) is 0 Å². The molecule has 3 aromatic carbocycles. The van der Waals surface area contributed by atoms with E-state index in [-0.39, 0.29) is 12.4 Å². The fourth-order valence-corrected chi connectivity index (χ4v) is 5.03.